The number of carboxylic acid groups (broad SMARTS) is 1. The van der Waals surface area contributed by atoms with E-state index in [1.165, 1.54) is 12.1 Å². The zero-order chi connectivity index (χ0) is 19.1. The van der Waals surface area contributed by atoms with Crippen molar-refractivity contribution in [1.82, 2.24) is 0 Å². The lowest BCUT2D eigenvalue weighted by Gasteiger charge is -2.06. The second-order valence-corrected chi connectivity index (χ2v) is 8.60. The van der Waals surface area contributed by atoms with Crippen molar-refractivity contribution in [2.24, 2.45) is 5.14 Å². The summed E-state index contributed by atoms with van der Waals surface area (Å²) in [5.41, 5.74) is 2.66. The maximum atomic E-state index is 11.8. The van der Waals surface area contributed by atoms with Gasteiger partial charge in [-0.2, -0.15) is 0 Å². The molecule has 2 aromatic carbocycles. The zero-order valence-electron chi connectivity index (χ0n) is 13.6. The van der Waals surface area contributed by atoms with Gasteiger partial charge in [0.15, 0.2) is 0 Å². The van der Waals surface area contributed by atoms with E-state index in [4.69, 9.17) is 16.7 Å². The Bertz CT molecular complexity index is 1100. The third-order valence-corrected chi connectivity index (χ3v) is 6.50. The van der Waals surface area contributed by atoms with Gasteiger partial charge in [-0.25, -0.2) is 18.4 Å². The molecule has 0 aliphatic carbocycles. The normalized spacial score (nSPS) is 11.5. The minimum Gasteiger partial charge on any atom is -0.477 e. The Labute approximate surface area is 159 Å². The number of nitrogens with two attached hydrogens (primary N) is 1. The summed E-state index contributed by atoms with van der Waals surface area (Å²) >= 11 is 7.41. The molecule has 134 valence electrons. The SMILES string of the molecule is Cc1c(-c2ccccc2Cl)sc(C(=O)O)c1-c1ccc(S(N)(=O)=O)cc1. The molecule has 5 nitrogen and oxygen atoms in total. The topological polar surface area (TPSA) is 97.5 Å². The Hall–Kier alpha value is -2.19. The number of carbonyl (C=O) groups is 1. The summed E-state index contributed by atoms with van der Waals surface area (Å²) in [4.78, 5) is 12.7. The first-order valence-corrected chi connectivity index (χ1v) is 10.2. The average Bonchev–Trinajstić information content (AvgIpc) is 2.92. The van der Waals surface area contributed by atoms with Crippen molar-refractivity contribution >= 4 is 38.9 Å². The number of hydrogen-bond donors (Lipinski definition) is 2. The lowest BCUT2D eigenvalue weighted by Crippen LogP contribution is -2.11. The van der Waals surface area contributed by atoms with E-state index in [1.54, 1.807) is 24.3 Å². The summed E-state index contributed by atoms with van der Waals surface area (Å²) in [5, 5.41) is 15.3. The fraction of sp³-hybridized carbons (Fsp3) is 0.0556. The van der Waals surface area contributed by atoms with E-state index in [0.29, 0.717) is 16.1 Å². The first-order valence-electron chi connectivity index (χ1n) is 7.45. The molecule has 0 fully saturated rings. The molecule has 3 N–H and O–H groups in total. The van der Waals surface area contributed by atoms with E-state index >= 15 is 0 Å². The predicted molar refractivity (Wildman–Crippen MR) is 103 cm³/mol. The largest absolute Gasteiger partial charge is 0.477 e. The van der Waals surface area contributed by atoms with Gasteiger partial charge in [-0.1, -0.05) is 41.9 Å². The summed E-state index contributed by atoms with van der Waals surface area (Å²) in [6, 6.07) is 13.1. The zero-order valence-corrected chi connectivity index (χ0v) is 16.0. The third kappa shape index (κ3) is 3.39. The van der Waals surface area contributed by atoms with Crippen LogP contribution in [0.15, 0.2) is 53.4 Å². The van der Waals surface area contributed by atoms with Crippen molar-refractivity contribution in [1.29, 1.82) is 0 Å². The monoisotopic (exact) mass is 407 g/mol. The molecular formula is C18H14ClNO4S2. The van der Waals surface area contributed by atoms with Crippen LogP contribution in [-0.2, 0) is 10.0 Å². The van der Waals surface area contributed by atoms with Crippen LogP contribution >= 0.6 is 22.9 Å². The molecule has 3 aromatic rings. The van der Waals surface area contributed by atoms with Gasteiger partial charge in [0.25, 0.3) is 0 Å². The maximum absolute atomic E-state index is 11.8. The fourth-order valence-corrected chi connectivity index (χ4v) is 4.73. The number of halogens is 1. The Balaban J connectivity index is 2.22. The average molecular weight is 408 g/mol. The molecule has 0 bridgehead atoms. The molecule has 1 aromatic heterocycles. The van der Waals surface area contributed by atoms with Gasteiger partial charge in [-0.3, -0.25) is 0 Å². The van der Waals surface area contributed by atoms with Gasteiger partial charge in [0.1, 0.15) is 4.88 Å². The number of carboxylic acids is 1. The fourth-order valence-electron chi connectivity index (χ4n) is 2.73. The lowest BCUT2D eigenvalue weighted by atomic mass is 9.99. The van der Waals surface area contributed by atoms with E-state index in [9.17, 15) is 18.3 Å². The number of thiophene rings is 1. The Morgan fingerprint density at radius 3 is 2.27 bits per heavy atom. The van der Waals surface area contributed by atoms with E-state index in [2.05, 4.69) is 0 Å². The Morgan fingerprint density at radius 1 is 1.12 bits per heavy atom. The summed E-state index contributed by atoms with van der Waals surface area (Å²) in [6.07, 6.45) is 0. The second-order valence-electron chi connectivity index (χ2n) is 5.61. The molecule has 0 saturated carbocycles. The second kappa shape index (κ2) is 6.85. The summed E-state index contributed by atoms with van der Waals surface area (Å²) in [5.74, 6) is -1.05. The number of rotatable bonds is 4. The molecule has 0 amide bonds. The quantitative estimate of drug-likeness (QED) is 0.670. The number of primary sulfonamides is 1. The van der Waals surface area contributed by atoms with Crippen LogP contribution in [0.4, 0.5) is 0 Å². The molecule has 0 atom stereocenters. The van der Waals surface area contributed by atoms with Crippen molar-refractivity contribution in [2.75, 3.05) is 0 Å². The van der Waals surface area contributed by atoms with Gasteiger partial charge < -0.3 is 5.11 Å². The van der Waals surface area contributed by atoms with Crippen LogP contribution in [0.5, 0.6) is 0 Å². The molecule has 0 radical (unpaired) electrons. The molecule has 0 spiro atoms. The highest BCUT2D eigenvalue weighted by Crippen LogP contribution is 2.43. The maximum Gasteiger partial charge on any atom is 0.346 e. The van der Waals surface area contributed by atoms with E-state index in [1.807, 2.05) is 19.1 Å². The number of hydrogen-bond acceptors (Lipinski definition) is 4. The van der Waals surface area contributed by atoms with Crippen LogP contribution in [0.3, 0.4) is 0 Å². The third-order valence-electron chi connectivity index (χ3n) is 3.93. The molecule has 0 aliphatic rings. The van der Waals surface area contributed by atoms with Gasteiger partial charge in [-0.05, 0) is 36.2 Å². The van der Waals surface area contributed by atoms with Gasteiger partial charge in [-0.15, -0.1) is 11.3 Å². The van der Waals surface area contributed by atoms with Crippen LogP contribution in [0.2, 0.25) is 5.02 Å². The molecular weight excluding hydrogens is 394 g/mol. The number of benzene rings is 2. The summed E-state index contributed by atoms with van der Waals surface area (Å²) < 4.78 is 22.8. The molecule has 1 heterocycles. The first kappa shape index (κ1) is 18.6. The van der Waals surface area contributed by atoms with Crippen LogP contribution in [0, 0.1) is 6.92 Å². The highest BCUT2D eigenvalue weighted by molar-refractivity contribution is 7.89. The highest BCUT2D eigenvalue weighted by Gasteiger charge is 2.23. The van der Waals surface area contributed by atoms with Gasteiger partial charge in [0.05, 0.1) is 4.90 Å². The predicted octanol–water partition coefficient (Wildman–Crippen LogP) is 4.39. The van der Waals surface area contributed by atoms with E-state index in [-0.39, 0.29) is 9.77 Å². The molecule has 0 saturated heterocycles. The van der Waals surface area contributed by atoms with Gasteiger partial charge in [0, 0.05) is 21.0 Å². The lowest BCUT2D eigenvalue weighted by molar-refractivity contribution is 0.0703. The molecule has 0 unspecified atom stereocenters. The standard InChI is InChI=1S/C18H14ClNO4S2/c1-10-15(11-6-8-12(9-7-11)26(20,23)24)17(18(21)22)25-16(10)13-4-2-3-5-14(13)19/h2-9H,1H3,(H,21,22)(H2,20,23,24). The van der Waals surface area contributed by atoms with Crippen LogP contribution in [0.25, 0.3) is 21.6 Å². The van der Waals surface area contributed by atoms with E-state index < -0.39 is 16.0 Å². The Morgan fingerprint density at radius 2 is 1.73 bits per heavy atom. The van der Waals surface area contributed by atoms with Crippen molar-refractivity contribution in [2.45, 2.75) is 11.8 Å². The van der Waals surface area contributed by atoms with Crippen molar-refractivity contribution in [3.63, 3.8) is 0 Å². The summed E-state index contributed by atoms with van der Waals surface area (Å²) in [6.45, 7) is 1.82. The van der Waals surface area contributed by atoms with Gasteiger partial charge in [0.2, 0.25) is 10.0 Å². The van der Waals surface area contributed by atoms with Crippen molar-refractivity contribution in [3.05, 3.63) is 64.0 Å². The highest BCUT2D eigenvalue weighted by atomic mass is 35.5. The van der Waals surface area contributed by atoms with Crippen LogP contribution < -0.4 is 5.14 Å². The van der Waals surface area contributed by atoms with Crippen molar-refractivity contribution < 1.29 is 18.3 Å². The number of aromatic carboxylic acids is 1. The van der Waals surface area contributed by atoms with Crippen LogP contribution in [0.1, 0.15) is 15.2 Å². The minimum atomic E-state index is -3.81. The Kier molecular flexibility index (Phi) is 4.90. The molecule has 3 rings (SSSR count). The van der Waals surface area contributed by atoms with Crippen LogP contribution in [-0.4, -0.2) is 19.5 Å². The van der Waals surface area contributed by atoms with Gasteiger partial charge >= 0.3 is 5.97 Å². The molecule has 0 aliphatic heterocycles. The number of sulfonamides is 1. The molecule has 26 heavy (non-hydrogen) atoms. The van der Waals surface area contributed by atoms with E-state index in [0.717, 1.165) is 27.3 Å². The van der Waals surface area contributed by atoms with Crippen molar-refractivity contribution in [3.8, 4) is 21.6 Å². The summed E-state index contributed by atoms with van der Waals surface area (Å²) in [7, 11) is -3.81. The minimum absolute atomic E-state index is 0.0302. The first-order chi connectivity index (χ1) is 12.2. The smallest absolute Gasteiger partial charge is 0.346 e. The molecule has 8 heteroatoms.